The van der Waals surface area contributed by atoms with Crippen LogP contribution in [0.25, 0.3) is 0 Å². The van der Waals surface area contributed by atoms with Crippen LogP contribution in [-0.4, -0.2) is 11.8 Å². The van der Waals surface area contributed by atoms with Gasteiger partial charge in [-0.2, -0.15) is 0 Å². The molecule has 2 N–H and O–H groups in total. The molecule has 25 heavy (non-hydrogen) atoms. The summed E-state index contributed by atoms with van der Waals surface area (Å²) in [6, 6.07) is 18.5. The number of hydrogen-bond donors (Lipinski definition) is 2. The van der Waals surface area contributed by atoms with Gasteiger partial charge in [-0.3, -0.25) is 9.59 Å². The number of rotatable bonds is 5. The second-order valence-corrected chi connectivity index (χ2v) is 6.57. The Kier molecular flexibility index (Phi) is 5.26. The SMILES string of the molecule is Cc1ccccc1CNC(=O)c1cccc(NC(=O)c2cccs2)c1. The molecule has 0 aliphatic rings. The van der Waals surface area contributed by atoms with Gasteiger partial charge in [-0.25, -0.2) is 0 Å². The zero-order valence-corrected chi connectivity index (χ0v) is 14.6. The summed E-state index contributed by atoms with van der Waals surface area (Å²) in [4.78, 5) is 25.1. The summed E-state index contributed by atoms with van der Waals surface area (Å²) in [5.74, 6) is -0.344. The lowest BCUT2D eigenvalue weighted by atomic mass is 10.1. The Bertz CT molecular complexity index is 888. The zero-order valence-electron chi connectivity index (χ0n) is 13.8. The van der Waals surface area contributed by atoms with Crippen LogP contribution in [0.3, 0.4) is 0 Å². The van der Waals surface area contributed by atoms with Gasteiger partial charge in [-0.15, -0.1) is 11.3 Å². The minimum atomic E-state index is -0.174. The van der Waals surface area contributed by atoms with Crippen LogP contribution in [0.4, 0.5) is 5.69 Å². The zero-order chi connectivity index (χ0) is 17.6. The Hall–Kier alpha value is -2.92. The van der Waals surface area contributed by atoms with E-state index in [9.17, 15) is 9.59 Å². The van der Waals surface area contributed by atoms with Crippen molar-refractivity contribution in [2.75, 3.05) is 5.32 Å². The molecule has 0 unspecified atom stereocenters. The van der Waals surface area contributed by atoms with Crippen molar-refractivity contribution in [3.8, 4) is 0 Å². The number of hydrogen-bond acceptors (Lipinski definition) is 3. The van der Waals surface area contributed by atoms with Crippen molar-refractivity contribution in [3.63, 3.8) is 0 Å². The molecule has 1 heterocycles. The molecule has 2 aromatic carbocycles. The normalized spacial score (nSPS) is 10.3. The molecule has 0 saturated heterocycles. The number of benzene rings is 2. The molecule has 0 saturated carbocycles. The molecule has 1 aromatic heterocycles. The van der Waals surface area contributed by atoms with Gasteiger partial charge in [0.05, 0.1) is 4.88 Å². The van der Waals surface area contributed by atoms with Crippen molar-refractivity contribution in [3.05, 3.63) is 87.6 Å². The first-order valence-corrected chi connectivity index (χ1v) is 8.79. The Balaban J connectivity index is 1.65. The van der Waals surface area contributed by atoms with E-state index in [-0.39, 0.29) is 11.8 Å². The van der Waals surface area contributed by atoms with Gasteiger partial charge in [0.25, 0.3) is 11.8 Å². The van der Waals surface area contributed by atoms with Crippen LogP contribution in [0.1, 0.15) is 31.2 Å². The molecule has 2 amide bonds. The highest BCUT2D eigenvalue weighted by Gasteiger charge is 2.10. The molecule has 5 heteroatoms. The number of carbonyl (C=O) groups is 2. The van der Waals surface area contributed by atoms with Crippen molar-refractivity contribution >= 4 is 28.8 Å². The van der Waals surface area contributed by atoms with Crippen LogP contribution in [0, 0.1) is 6.92 Å². The van der Waals surface area contributed by atoms with Crippen molar-refractivity contribution in [1.29, 1.82) is 0 Å². The first-order chi connectivity index (χ1) is 12.1. The quantitative estimate of drug-likeness (QED) is 0.723. The lowest BCUT2D eigenvalue weighted by Gasteiger charge is -2.09. The van der Waals surface area contributed by atoms with E-state index in [1.54, 1.807) is 30.3 Å². The number of thiophene rings is 1. The van der Waals surface area contributed by atoms with Crippen molar-refractivity contribution < 1.29 is 9.59 Å². The third kappa shape index (κ3) is 4.33. The van der Waals surface area contributed by atoms with Crippen LogP contribution in [0.15, 0.2) is 66.0 Å². The molecule has 0 atom stereocenters. The van der Waals surface area contributed by atoms with E-state index in [4.69, 9.17) is 0 Å². The predicted molar refractivity (Wildman–Crippen MR) is 101 cm³/mol. The van der Waals surface area contributed by atoms with Crippen LogP contribution >= 0.6 is 11.3 Å². The fourth-order valence-corrected chi connectivity index (χ4v) is 3.04. The second kappa shape index (κ2) is 7.77. The molecule has 0 radical (unpaired) electrons. The Morgan fingerprint density at radius 3 is 2.56 bits per heavy atom. The van der Waals surface area contributed by atoms with Crippen LogP contribution in [-0.2, 0) is 6.54 Å². The monoisotopic (exact) mass is 350 g/mol. The number of carbonyl (C=O) groups excluding carboxylic acids is 2. The van der Waals surface area contributed by atoms with Crippen LogP contribution in [0.5, 0.6) is 0 Å². The molecule has 4 nitrogen and oxygen atoms in total. The van der Waals surface area contributed by atoms with E-state index in [0.717, 1.165) is 11.1 Å². The van der Waals surface area contributed by atoms with Gasteiger partial charge in [0.1, 0.15) is 0 Å². The number of nitrogens with one attached hydrogen (secondary N) is 2. The number of anilines is 1. The van der Waals surface area contributed by atoms with Gasteiger partial charge in [0, 0.05) is 17.8 Å². The molecular formula is C20H18N2O2S. The highest BCUT2D eigenvalue weighted by Crippen LogP contribution is 2.15. The maximum atomic E-state index is 12.4. The molecule has 0 fully saturated rings. The molecule has 3 rings (SSSR count). The maximum Gasteiger partial charge on any atom is 0.265 e. The van der Waals surface area contributed by atoms with Crippen molar-refractivity contribution in [1.82, 2.24) is 5.32 Å². The van der Waals surface area contributed by atoms with E-state index in [1.165, 1.54) is 11.3 Å². The Morgan fingerprint density at radius 1 is 0.960 bits per heavy atom. The lowest BCUT2D eigenvalue weighted by molar-refractivity contribution is 0.0949. The fraction of sp³-hybridized carbons (Fsp3) is 0.100. The van der Waals surface area contributed by atoms with Crippen molar-refractivity contribution in [2.24, 2.45) is 0 Å². The average Bonchev–Trinajstić information content (AvgIpc) is 3.16. The van der Waals surface area contributed by atoms with E-state index < -0.39 is 0 Å². The van der Waals surface area contributed by atoms with Gasteiger partial charge >= 0.3 is 0 Å². The van der Waals surface area contributed by atoms with Gasteiger partial charge in [-0.05, 0) is 47.7 Å². The summed E-state index contributed by atoms with van der Waals surface area (Å²) >= 11 is 1.38. The van der Waals surface area contributed by atoms with Gasteiger partial charge in [-0.1, -0.05) is 36.4 Å². The predicted octanol–water partition coefficient (Wildman–Crippen LogP) is 4.24. The minimum Gasteiger partial charge on any atom is -0.348 e. The van der Waals surface area contributed by atoms with E-state index >= 15 is 0 Å². The van der Waals surface area contributed by atoms with Gasteiger partial charge in [0.15, 0.2) is 0 Å². The highest BCUT2D eigenvalue weighted by atomic mass is 32.1. The average molecular weight is 350 g/mol. The van der Waals surface area contributed by atoms with E-state index in [0.29, 0.717) is 22.7 Å². The summed E-state index contributed by atoms with van der Waals surface area (Å²) in [6.45, 7) is 2.49. The molecular weight excluding hydrogens is 332 g/mol. The van der Waals surface area contributed by atoms with Gasteiger partial charge in [0.2, 0.25) is 0 Å². The molecule has 3 aromatic rings. The van der Waals surface area contributed by atoms with E-state index in [2.05, 4.69) is 10.6 Å². The topological polar surface area (TPSA) is 58.2 Å². The number of aryl methyl sites for hydroxylation is 1. The third-order valence-electron chi connectivity index (χ3n) is 3.83. The smallest absolute Gasteiger partial charge is 0.265 e. The first-order valence-electron chi connectivity index (χ1n) is 7.91. The maximum absolute atomic E-state index is 12.4. The van der Waals surface area contributed by atoms with Crippen molar-refractivity contribution in [2.45, 2.75) is 13.5 Å². The summed E-state index contributed by atoms with van der Waals surface area (Å²) in [5, 5.41) is 7.58. The van der Waals surface area contributed by atoms with Crippen LogP contribution in [0.2, 0.25) is 0 Å². The number of amides is 2. The minimum absolute atomic E-state index is 0.171. The standard InChI is InChI=1S/C20H18N2O2S/c1-14-6-2-3-7-16(14)13-21-19(23)15-8-4-9-17(12-15)22-20(24)18-10-5-11-25-18/h2-12H,13H2,1H3,(H,21,23)(H,22,24). The second-order valence-electron chi connectivity index (χ2n) is 5.62. The Morgan fingerprint density at radius 2 is 1.80 bits per heavy atom. The van der Waals surface area contributed by atoms with E-state index in [1.807, 2.05) is 42.6 Å². The third-order valence-corrected chi connectivity index (χ3v) is 4.70. The summed E-state index contributed by atoms with van der Waals surface area (Å²) in [6.07, 6.45) is 0. The lowest BCUT2D eigenvalue weighted by Crippen LogP contribution is -2.23. The van der Waals surface area contributed by atoms with Crippen LogP contribution < -0.4 is 10.6 Å². The largest absolute Gasteiger partial charge is 0.348 e. The molecule has 0 spiro atoms. The molecule has 0 aliphatic carbocycles. The summed E-state index contributed by atoms with van der Waals surface area (Å²) < 4.78 is 0. The van der Waals surface area contributed by atoms with Gasteiger partial charge < -0.3 is 10.6 Å². The summed E-state index contributed by atoms with van der Waals surface area (Å²) in [7, 11) is 0. The summed E-state index contributed by atoms with van der Waals surface area (Å²) in [5.41, 5.74) is 3.33. The molecule has 126 valence electrons. The highest BCUT2D eigenvalue weighted by molar-refractivity contribution is 7.12. The molecule has 0 bridgehead atoms. The Labute approximate surface area is 150 Å². The first kappa shape index (κ1) is 16.9. The fourth-order valence-electron chi connectivity index (χ4n) is 2.42. The molecule has 0 aliphatic heterocycles.